The fourth-order valence-corrected chi connectivity index (χ4v) is 3.31. The number of carbonyl (C=O) groups is 1. The van der Waals surface area contributed by atoms with Crippen LogP contribution in [0.5, 0.6) is 17.2 Å². The maximum absolute atomic E-state index is 12.7. The van der Waals surface area contributed by atoms with Crippen LogP contribution in [0.4, 0.5) is 0 Å². The molecule has 27 heavy (non-hydrogen) atoms. The number of aliphatic hydroxyl groups excluding tert-OH is 1. The van der Waals surface area contributed by atoms with E-state index in [9.17, 15) is 9.90 Å². The zero-order valence-electron chi connectivity index (χ0n) is 16.0. The number of nitrogens with zero attached hydrogens (tertiary/aromatic N) is 1. The Morgan fingerprint density at radius 3 is 2.52 bits per heavy atom. The van der Waals surface area contributed by atoms with Gasteiger partial charge in [0.05, 0.1) is 26.3 Å². The van der Waals surface area contributed by atoms with E-state index in [2.05, 4.69) is 0 Å². The van der Waals surface area contributed by atoms with Crippen molar-refractivity contribution in [3.05, 3.63) is 41.3 Å². The number of piperidine rings is 1. The molecule has 7 heteroatoms. The zero-order chi connectivity index (χ0) is 19.6. The van der Waals surface area contributed by atoms with Gasteiger partial charge in [0.1, 0.15) is 29.5 Å². The highest BCUT2D eigenvalue weighted by Gasteiger charge is 2.33. The van der Waals surface area contributed by atoms with Gasteiger partial charge in [-0.25, -0.2) is 0 Å². The van der Waals surface area contributed by atoms with Crippen LogP contribution in [0.25, 0.3) is 0 Å². The summed E-state index contributed by atoms with van der Waals surface area (Å²) >= 11 is 0. The van der Waals surface area contributed by atoms with E-state index in [1.165, 1.54) is 0 Å². The highest BCUT2D eigenvalue weighted by Crippen LogP contribution is 2.32. The molecule has 2 atom stereocenters. The van der Waals surface area contributed by atoms with Gasteiger partial charge in [0.15, 0.2) is 11.5 Å². The fourth-order valence-electron chi connectivity index (χ4n) is 3.31. The van der Waals surface area contributed by atoms with Crippen LogP contribution in [0.2, 0.25) is 0 Å². The van der Waals surface area contributed by atoms with Gasteiger partial charge < -0.3 is 28.6 Å². The average Bonchev–Trinajstić information content (AvgIpc) is 3.00. The predicted octanol–water partition coefficient (Wildman–Crippen LogP) is 2.57. The van der Waals surface area contributed by atoms with E-state index in [-0.39, 0.29) is 12.5 Å². The van der Waals surface area contributed by atoms with Crippen molar-refractivity contribution >= 4 is 5.91 Å². The summed E-state index contributed by atoms with van der Waals surface area (Å²) in [4.78, 5) is 14.3. The van der Waals surface area contributed by atoms with E-state index in [0.29, 0.717) is 47.3 Å². The first-order chi connectivity index (χ1) is 12.9. The first-order valence-electron chi connectivity index (χ1n) is 8.86. The quantitative estimate of drug-likeness (QED) is 0.865. The molecule has 7 nitrogen and oxygen atoms in total. The topological polar surface area (TPSA) is 81.4 Å². The molecule has 1 aromatic heterocycles. The Labute approximate surface area is 158 Å². The number of β-amino-alcohol motifs (C(OH)–C–C–N with tert-alkyl or cyclic N) is 1. The van der Waals surface area contributed by atoms with Crippen molar-refractivity contribution in [2.24, 2.45) is 0 Å². The number of hydrogen-bond donors (Lipinski definition) is 1. The molecule has 0 aliphatic carbocycles. The lowest BCUT2D eigenvalue weighted by Gasteiger charge is -2.36. The van der Waals surface area contributed by atoms with Crippen molar-refractivity contribution < 1.29 is 28.5 Å². The second-order valence-electron chi connectivity index (χ2n) is 6.61. The summed E-state index contributed by atoms with van der Waals surface area (Å²) in [7, 11) is 3.12. The Bertz CT molecular complexity index is 815. The lowest BCUT2D eigenvalue weighted by Crippen LogP contribution is -2.51. The first-order valence-corrected chi connectivity index (χ1v) is 8.86. The number of aryl methyl sites for hydroxylation is 2. The van der Waals surface area contributed by atoms with E-state index in [0.717, 1.165) is 0 Å². The van der Waals surface area contributed by atoms with Crippen molar-refractivity contribution in [2.45, 2.75) is 32.5 Å². The molecule has 1 amide bonds. The Morgan fingerprint density at radius 1 is 1.19 bits per heavy atom. The summed E-state index contributed by atoms with van der Waals surface area (Å²) in [6.45, 7) is 4.28. The molecule has 3 rings (SSSR count). The number of ether oxygens (including phenoxy) is 3. The second-order valence-corrected chi connectivity index (χ2v) is 6.61. The minimum atomic E-state index is -0.788. The number of amides is 1. The molecule has 0 radical (unpaired) electrons. The highest BCUT2D eigenvalue weighted by molar-refractivity contribution is 5.95. The highest BCUT2D eigenvalue weighted by atomic mass is 16.5. The van der Waals surface area contributed by atoms with Crippen molar-refractivity contribution in [2.75, 3.05) is 27.3 Å². The summed E-state index contributed by atoms with van der Waals surface area (Å²) in [5.74, 6) is 2.91. The number of rotatable bonds is 5. The maximum Gasteiger partial charge on any atom is 0.257 e. The monoisotopic (exact) mass is 375 g/mol. The summed E-state index contributed by atoms with van der Waals surface area (Å²) in [6.07, 6.45) is -0.666. The number of benzene rings is 1. The lowest BCUT2D eigenvalue weighted by atomic mass is 10.0. The smallest absolute Gasteiger partial charge is 0.257 e. The Balaban J connectivity index is 1.65. The van der Waals surface area contributed by atoms with E-state index >= 15 is 0 Å². The third-order valence-corrected chi connectivity index (χ3v) is 4.72. The van der Waals surface area contributed by atoms with Crippen LogP contribution >= 0.6 is 0 Å². The average molecular weight is 375 g/mol. The normalized spacial score (nSPS) is 19.7. The van der Waals surface area contributed by atoms with E-state index < -0.39 is 12.2 Å². The number of carbonyl (C=O) groups excluding carboxylic acids is 1. The minimum absolute atomic E-state index is 0.132. The second kappa shape index (κ2) is 7.92. The number of likely N-dealkylation sites (tertiary alicyclic amines) is 1. The van der Waals surface area contributed by atoms with Crippen LogP contribution in [0, 0.1) is 13.8 Å². The maximum atomic E-state index is 12.7. The molecule has 1 aliphatic heterocycles. The van der Waals surface area contributed by atoms with E-state index in [1.54, 1.807) is 50.3 Å². The van der Waals surface area contributed by atoms with Gasteiger partial charge in [0, 0.05) is 19.0 Å². The summed E-state index contributed by atoms with van der Waals surface area (Å²) < 4.78 is 21.9. The molecular formula is C20H25NO6. The number of aliphatic hydroxyl groups is 1. The molecule has 1 fully saturated rings. The van der Waals surface area contributed by atoms with Crippen LogP contribution in [-0.4, -0.2) is 55.4 Å². The fraction of sp³-hybridized carbons (Fsp3) is 0.450. The van der Waals surface area contributed by atoms with Gasteiger partial charge in [-0.15, -0.1) is 0 Å². The number of methoxy groups -OCH3 is 2. The molecule has 1 aromatic carbocycles. The number of furan rings is 1. The molecule has 0 unspecified atom stereocenters. The molecule has 2 aromatic rings. The molecule has 0 spiro atoms. The molecular weight excluding hydrogens is 350 g/mol. The van der Waals surface area contributed by atoms with Crippen molar-refractivity contribution in [3.8, 4) is 17.2 Å². The first kappa shape index (κ1) is 19.1. The SMILES string of the molecule is COc1ccc(O[C@@H]2CCN(C(=O)c3cc(C)oc3C)C[C@H]2O)cc1OC. The third kappa shape index (κ3) is 4.03. The molecule has 146 valence electrons. The van der Waals surface area contributed by atoms with Gasteiger partial charge in [0.25, 0.3) is 5.91 Å². The summed E-state index contributed by atoms with van der Waals surface area (Å²) in [5.41, 5.74) is 0.541. The molecule has 0 bridgehead atoms. The van der Waals surface area contributed by atoms with Crippen LogP contribution in [0.15, 0.2) is 28.7 Å². The molecule has 0 saturated carbocycles. The molecule has 2 heterocycles. The Hall–Kier alpha value is -2.67. The van der Waals surface area contributed by atoms with Gasteiger partial charge in [-0.1, -0.05) is 0 Å². The zero-order valence-corrected chi connectivity index (χ0v) is 16.0. The summed E-state index contributed by atoms with van der Waals surface area (Å²) in [6, 6.07) is 6.98. The Morgan fingerprint density at radius 2 is 1.93 bits per heavy atom. The number of hydrogen-bond acceptors (Lipinski definition) is 6. The molecule has 1 N–H and O–H groups in total. The molecule has 1 saturated heterocycles. The van der Waals surface area contributed by atoms with Gasteiger partial charge in [-0.3, -0.25) is 4.79 Å². The van der Waals surface area contributed by atoms with E-state index in [1.807, 2.05) is 6.92 Å². The van der Waals surface area contributed by atoms with Crippen molar-refractivity contribution in [1.82, 2.24) is 4.90 Å². The minimum Gasteiger partial charge on any atom is -0.493 e. The lowest BCUT2D eigenvalue weighted by molar-refractivity contribution is -0.0200. The van der Waals surface area contributed by atoms with Crippen LogP contribution in [-0.2, 0) is 0 Å². The van der Waals surface area contributed by atoms with Gasteiger partial charge in [0.2, 0.25) is 0 Å². The third-order valence-electron chi connectivity index (χ3n) is 4.72. The van der Waals surface area contributed by atoms with Crippen LogP contribution in [0.3, 0.4) is 0 Å². The largest absolute Gasteiger partial charge is 0.493 e. The van der Waals surface area contributed by atoms with Gasteiger partial charge in [-0.05, 0) is 32.0 Å². The van der Waals surface area contributed by atoms with Crippen molar-refractivity contribution in [1.29, 1.82) is 0 Å². The Kier molecular flexibility index (Phi) is 5.60. The van der Waals surface area contributed by atoms with Gasteiger partial charge in [-0.2, -0.15) is 0 Å². The van der Waals surface area contributed by atoms with Gasteiger partial charge >= 0.3 is 0 Å². The molecule has 1 aliphatic rings. The standard InChI is InChI=1S/C20H25NO6/c1-12-9-15(13(2)26-12)20(23)21-8-7-17(16(22)11-21)27-14-5-6-18(24-3)19(10-14)25-4/h5-6,9-10,16-17,22H,7-8,11H2,1-4H3/t16-,17-/m1/s1. The van der Waals surface area contributed by atoms with Crippen LogP contribution < -0.4 is 14.2 Å². The summed E-state index contributed by atoms with van der Waals surface area (Å²) in [5, 5.41) is 10.5. The van der Waals surface area contributed by atoms with Crippen molar-refractivity contribution in [3.63, 3.8) is 0 Å². The van der Waals surface area contributed by atoms with E-state index in [4.69, 9.17) is 18.6 Å². The van der Waals surface area contributed by atoms with Crippen LogP contribution in [0.1, 0.15) is 28.3 Å². The predicted molar refractivity (Wildman–Crippen MR) is 98.7 cm³/mol.